The highest BCUT2D eigenvalue weighted by Gasteiger charge is 2.31. The number of thiazole rings is 1. The Balaban J connectivity index is 1.95. The predicted molar refractivity (Wildman–Crippen MR) is 94.4 cm³/mol. The van der Waals surface area contributed by atoms with E-state index in [9.17, 15) is 9.00 Å². The second-order valence-electron chi connectivity index (χ2n) is 6.65. The summed E-state index contributed by atoms with van der Waals surface area (Å²) in [5.41, 5.74) is -0.516. The number of halogens is 1. The molecule has 0 N–H and O–H groups in total. The lowest BCUT2D eigenvalue weighted by atomic mass is 10.0. The quantitative estimate of drug-likeness (QED) is 0.798. The fourth-order valence-electron chi connectivity index (χ4n) is 2.52. The van der Waals surface area contributed by atoms with E-state index >= 15 is 0 Å². The molecule has 0 radical (unpaired) electrons. The number of hydrogen-bond donors (Lipinski definition) is 0. The van der Waals surface area contributed by atoms with Crippen molar-refractivity contribution in [3.05, 3.63) is 15.5 Å². The largest absolute Gasteiger partial charge is 0.444 e. The third-order valence-corrected chi connectivity index (χ3v) is 6.15. The Hall–Kier alpha value is -0.660. The molecule has 1 saturated heterocycles. The van der Waals surface area contributed by atoms with E-state index in [0.717, 1.165) is 24.1 Å². The van der Waals surface area contributed by atoms with Gasteiger partial charge in [0, 0.05) is 40.2 Å². The van der Waals surface area contributed by atoms with Gasteiger partial charge in [-0.3, -0.25) is 4.21 Å². The van der Waals surface area contributed by atoms with Crippen molar-refractivity contribution in [1.29, 1.82) is 0 Å². The molecule has 0 aliphatic carbocycles. The number of carbonyl (C=O) groups is 1. The molecular weight excluding hydrogens is 356 g/mol. The first-order chi connectivity index (χ1) is 10.7. The highest BCUT2D eigenvalue weighted by Crippen LogP contribution is 2.23. The van der Waals surface area contributed by atoms with Crippen molar-refractivity contribution in [2.24, 2.45) is 0 Å². The van der Waals surface area contributed by atoms with E-state index < -0.39 is 16.4 Å². The van der Waals surface area contributed by atoms with Crippen LogP contribution in [0.15, 0.2) is 6.20 Å². The Morgan fingerprint density at radius 1 is 1.52 bits per heavy atom. The maximum Gasteiger partial charge on any atom is 0.410 e. The molecule has 0 aromatic carbocycles. The molecule has 0 unspecified atom stereocenters. The molecule has 8 heteroatoms. The zero-order valence-electron chi connectivity index (χ0n) is 13.7. The minimum Gasteiger partial charge on any atom is -0.444 e. The van der Waals surface area contributed by atoms with Gasteiger partial charge in [-0.1, -0.05) is 11.6 Å². The van der Waals surface area contributed by atoms with Crippen LogP contribution in [0.25, 0.3) is 0 Å². The Labute approximate surface area is 148 Å². The van der Waals surface area contributed by atoms with Crippen molar-refractivity contribution in [3.8, 4) is 0 Å². The van der Waals surface area contributed by atoms with Gasteiger partial charge in [0.25, 0.3) is 0 Å². The summed E-state index contributed by atoms with van der Waals surface area (Å²) in [4.78, 5) is 19.0. The monoisotopic (exact) mass is 378 g/mol. The van der Waals surface area contributed by atoms with Crippen molar-refractivity contribution >= 4 is 39.8 Å². The first kappa shape index (κ1) is 18.7. The van der Waals surface area contributed by atoms with Gasteiger partial charge < -0.3 is 9.64 Å². The topological polar surface area (TPSA) is 59.5 Å². The third-order valence-electron chi connectivity index (χ3n) is 3.46. The lowest BCUT2D eigenvalue weighted by Crippen LogP contribution is -2.48. The van der Waals surface area contributed by atoms with Gasteiger partial charge in [-0.15, -0.1) is 11.3 Å². The number of ether oxygens (including phenoxy) is 1. The summed E-state index contributed by atoms with van der Waals surface area (Å²) < 4.78 is 18.3. The molecule has 2 atom stereocenters. The zero-order chi connectivity index (χ0) is 17.0. The van der Waals surface area contributed by atoms with E-state index in [4.69, 9.17) is 16.3 Å². The van der Waals surface area contributed by atoms with E-state index in [1.807, 2.05) is 20.8 Å². The minimum absolute atomic E-state index is 0.0252. The van der Waals surface area contributed by atoms with E-state index in [-0.39, 0.29) is 12.1 Å². The fourth-order valence-corrected chi connectivity index (χ4v) is 5.21. The molecule has 130 valence electrons. The van der Waals surface area contributed by atoms with Gasteiger partial charge in [0.2, 0.25) is 0 Å². The third kappa shape index (κ3) is 6.04. The smallest absolute Gasteiger partial charge is 0.410 e. The minimum atomic E-state index is -1.05. The number of nitrogens with zero attached hydrogens (tertiary/aromatic N) is 2. The van der Waals surface area contributed by atoms with Crippen LogP contribution in [0.1, 0.15) is 44.9 Å². The fraction of sp³-hybridized carbons (Fsp3) is 0.733. The summed E-state index contributed by atoms with van der Waals surface area (Å²) in [5, 5.41) is 0. The van der Waals surface area contributed by atoms with Gasteiger partial charge in [-0.2, -0.15) is 0 Å². The van der Waals surface area contributed by atoms with Crippen molar-refractivity contribution in [3.63, 3.8) is 0 Å². The number of amides is 1. The van der Waals surface area contributed by atoms with E-state index in [2.05, 4.69) is 4.98 Å². The molecule has 1 fully saturated rings. The van der Waals surface area contributed by atoms with Crippen LogP contribution < -0.4 is 0 Å². The van der Waals surface area contributed by atoms with Crippen LogP contribution in [0.5, 0.6) is 0 Å². The van der Waals surface area contributed by atoms with Crippen molar-refractivity contribution in [1.82, 2.24) is 9.88 Å². The van der Waals surface area contributed by atoms with Gasteiger partial charge in [-0.05, 0) is 40.0 Å². The molecular formula is C15H23ClN2O3S2. The lowest BCUT2D eigenvalue weighted by molar-refractivity contribution is 0.0125. The Morgan fingerprint density at radius 2 is 2.26 bits per heavy atom. The van der Waals surface area contributed by atoms with Crippen LogP contribution in [0.2, 0.25) is 4.47 Å². The van der Waals surface area contributed by atoms with Gasteiger partial charge >= 0.3 is 6.09 Å². The number of carbonyl (C=O) groups excluding carboxylic acids is 1. The summed E-state index contributed by atoms with van der Waals surface area (Å²) in [7, 11) is -1.05. The average Bonchev–Trinajstić information content (AvgIpc) is 2.82. The van der Waals surface area contributed by atoms with Crippen LogP contribution in [0, 0.1) is 0 Å². The maximum absolute atomic E-state index is 12.4. The standard InChI is InChI=1S/C15H23ClN2O3S2/c1-15(2,3)21-14(19)18-7-5-4-6-11(18)9-23(20)10-12-8-17-13(16)22-12/h8,11H,4-7,9-10H2,1-3H3/t11-,23-/m0/s1. The summed E-state index contributed by atoms with van der Waals surface area (Å²) in [6.45, 7) is 6.24. The number of piperidine rings is 1. The van der Waals surface area contributed by atoms with E-state index in [1.165, 1.54) is 11.3 Å². The first-order valence-electron chi connectivity index (χ1n) is 7.69. The summed E-state index contributed by atoms with van der Waals surface area (Å²) in [5.74, 6) is 0.901. The molecule has 1 aromatic rings. The molecule has 1 aromatic heterocycles. The molecule has 0 spiro atoms. The van der Waals surface area contributed by atoms with Crippen LogP contribution in [0.4, 0.5) is 4.79 Å². The van der Waals surface area contributed by atoms with Crippen LogP contribution in [0.3, 0.4) is 0 Å². The van der Waals surface area contributed by atoms with Gasteiger partial charge in [0.05, 0.1) is 5.75 Å². The van der Waals surface area contributed by atoms with Gasteiger partial charge in [0.15, 0.2) is 4.47 Å². The van der Waals surface area contributed by atoms with Crippen molar-refractivity contribution in [2.75, 3.05) is 12.3 Å². The van der Waals surface area contributed by atoms with Crippen LogP contribution in [-0.4, -0.2) is 44.1 Å². The summed E-state index contributed by atoms with van der Waals surface area (Å²) >= 11 is 7.15. The number of rotatable bonds is 4. The normalized spacial score (nSPS) is 20.3. The highest BCUT2D eigenvalue weighted by molar-refractivity contribution is 7.84. The molecule has 0 bridgehead atoms. The van der Waals surface area contributed by atoms with Gasteiger partial charge in [0.1, 0.15) is 5.60 Å². The van der Waals surface area contributed by atoms with Crippen molar-refractivity contribution in [2.45, 2.75) is 57.4 Å². The molecule has 2 heterocycles. The van der Waals surface area contributed by atoms with Crippen LogP contribution >= 0.6 is 22.9 Å². The molecule has 5 nitrogen and oxygen atoms in total. The Bertz CT molecular complexity index is 571. The second kappa shape index (κ2) is 7.94. The number of aromatic nitrogens is 1. The zero-order valence-corrected chi connectivity index (χ0v) is 16.1. The maximum atomic E-state index is 12.4. The van der Waals surface area contributed by atoms with Crippen LogP contribution in [-0.2, 0) is 21.3 Å². The lowest BCUT2D eigenvalue weighted by Gasteiger charge is -2.36. The molecule has 0 saturated carbocycles. The molecule has 1 amide bonds. The van der Waals surface area contributed by atoms with E-state index in [1.54, 1.807) is 11.1 Å². The van der Waals surface area contributed by atoms with Gasteiger partial charge in [-0.25, -0.2) is 9.78 Å². The highest BCUT2D eigenvalue weighted by atomic mass is 35.5. The van der Waals surface area contributed by atoms with E-state index in [0.29, 0.717) is 22.5 Å². The molecule has 1 aliphatic heterocycles. The average molecular weight is 379 g/mol. The predicted octanol–water partition coefficient (Wildman–Crippen LogP) is 3.83. The second-order valence-corrected chi connectivity index (χ2v) is 9.85. The Kier molecular flexibility index (Phi) is 6.45. The summed E-state index contributed by atoms with van der Waals surface area (Å²) in [6, 6.07) is -0.0252. The molecule has 2 rings (SSSR count). The molecule has 23 heavy (non-hydrogen) atoms. The Morgan fingerprint density at radius 3 is 2.87 bits per heavy atom. The molecule has 1 aliphatic rings. The number of likely N-dealkylation sites (tertiary alicyclic amines) is 1. The first-order valence-corrected chi connectivity index (χ1v) is 10.4. The SMILES string of the molecule is CC(C)(C)OC(=O)N1CCCC[C@H]1C[S@](=O)Cc1cnc(Cl)s1. The summed E-state index contributed by atoms with van der Waals surface area (Å²) in [6.07, 6.45) is 4.24. The number of hydrogen-bond acceptors (Lipinski definition) is 5. The van der Waals surface area contributed by atoms with Crippen molar-refractivity contribution < 1.29 is 13.7 Å².